The van der Waals surface area contributed by atoms with Crippen LogP contribution in [0, 0.1) is 5.82 Å². The van der Waals surface area contributed by atoms with Crippen LogP contribution in [0.15, 0.2) is 41.8 Å². The van der Waals surface area contributed by atoms with Crippen molar-refractivity contribution in [1.82, 2.24) is 4.90 Å². The lowest BCUT2D eigenvalue weighted by atomic mass is 10.1. The zero-order valence-corrected chi connectivity index (χ0v) is 11.1. The van der Waals surface area contributed by atoms with E-state index in [-0.39, 0.29) is 17.8 Å². The fourth-order valence-corrected chi connectivity index (χ4v) is 2.52. The summed E-state index contributed by atoms with van der Waals surface area (Å²) >= 11 is 1.62. The minimum Gasteiger partial charge on any atom is -0.334 e. The highest BCUT2D eigenvalue weighted by molar-refractivity contribution is 7.10. The van der Waals surface area contributed by atoms with Crippen molar-refractivity contribution >= 4 is 17.2 Å². The van der Waals surface area contributed by atoms with Crippen molar-refractivity contribution in [3.8, 4) is 0 Å². The molecule has 2 nitrogen and oxygen atoms in total. The predicted octanol–water partition coefficient (Wildman–Crippen LogP) is 3.72. The molecule has 2 rings (SSSR count). The van der Waals surface area contributed by atoms with Gasteiger partial charge in [-0.05, 0) is 42.6 Å². The first-order chi connectivity index (χ1) is 8.59. The molecule has 0 N–H and O–H groups in total. The van der Waals surface area contributed by atoms with E-state index >= 15 is 0 Å². The molecule has 1 atom stereocenters. The molecular weight excluding hydrogens is 249 g/mol. The molecule has 1 aromatic heterocycles. The van der Waals surface area contributed by atoms with E-state index in [1.54, 1.807) is 23.3 Å². The van der Waals surface area contributed by atoms with Gasteiger partial charge in [0.15, 0.2) is 0 Å². The van der Waals surface area contributed by atoms with Crippen LogP contribution in [-0.4, -0.2) is 17.9 Å². The van der Waals surface area contributed by atoms with Crippen LogP contribution >= 0.6 is 11.3 Å². The number of hydrogen-bond acceptors (Lipinski definition) is 2. The molecule has 1 heterocycles. The Balaban J connectivity index is 2.16. The van der Waals surface area contributed by atoms with Gasteiger partial charge in [0.25, 0.3) is 5.91 Å². The largest absolute Gasteiger partial charge is 0.334 e. The van der Waals surface area contributed by atoms with E-state index in [1.807, 2.05) is 24.4 Å². The van der Waals surface area contributed by atoms with E-state index in [0.717, 1.165) is 4.88 Å². The van der Waals surface area contributed by atoms with Crippen molar-refractivity contribution in [3.05, 3.63) is 58.0 Å². The lowest BCUT2D eigenvalue weighted by Crippen LogP contribution is -2.29. The van der Waals surface area contributed by atoms with Gasteiger partial charge in [-0.15, -0.1) is 11.3 Å². The van der Waals surface area contributed by atoms with Crippen molar-refractivity contribution in [2.75, 3.05) is 7.05 Å². The van der Waals surface area contributed by atoms with Gasteiger partial charge in [0, 0.05) is 17.5 Å². The maximum atomic E-state index is 12.8. The first-order valence-electron chi connectivity index (χ1n) is 5.65. The highest BCUT2D eigenvalue weighted by atomic mass is 32.1. The molecule has 0 spiro atoms. The quantitative estimate of drug-likeness (QED) is 0.826. The van der Waals surface area contributed by atoms with E-state index in [9.17, 15) is 9.18 Å². The Bertz CT molecular complexity index is 521. The standard InChI is InChI=1S/C14H14FNOS/c1-10(13-4-3-9-18-13)16(2)14(17)11-5-7-12(15)8-6-11/h3-10H,1-2H3. The van der Waals surface area contributed by atoms with Crippen LogP contribution in [0.25, 0.3) is 0 Å². The summed E-state index contributed by atoms with van der Waals surface area (Å²) in [5.74, 6) is -0.434. The second-order valence-corrected chi connectivity index (χ2v) is 5.09. The maximum Gasteiger partial charge on any atom is 0.254 e. The van der Waals surface area contributed by atoms with Crippen LogP contribution in [-0.2, 0) is 0 Å². The van der Waals surface area contributed by atoms with Gasteiger partial charge in [0.2, 0.25) is 0 Å². The molecule has 1 aromatic carbocycles. The summed E-state index contributed by atoms with van der Waals surface area (Å²) in [5.41, 5.74) is 0.502. The van der Waals surface area contributed by atoms with Gasteiger partial charge < -0.3 is 4.90 Å². The third-order valence-electron chi connectivity index (χ3n) is 2.95. The number of hydrogen-bond donors (Lipinski definition) is 0. The summed E-state index contributed by atoms with van der Waals surface area (Å²) in [6.45, 7) is 1.98. The second kappa shape index (κ2) is 5.31. The molecule has 0 aliphatic rings. The second-order valence-electron chi connectivity index (χ2n) is 4.11. The van der Waals surface area contributed by atoms with Crippen molar-refractivity contribution in [2.45, 2.75) is 13.0 Å². The number of rotatable bonds is 3. The lowest BCUT2D eigenvalue weighted by Gasteiger charge is -2.24. The molecule has 0 aliphatic heterocycles. The van der Waals surface area contributed by atoms with Crippen molar-refractivity contribution in [3.63, 3.8) is 0 Å². The summed E-state index contributed by atoms with van der Waals surface area (Å²) in [7, 11) is 1.76. The average molecular weight is 263 g/mol. The van der Waals surface area contributed by atoms with E-state index in [1.165, 1.54) is 24.3 Å². The number of carbonyl (C=O) groups excluding carboxylic acids is 1. The summed E-state index contributed by atoms with van der Waals surface area (Å²) < 4.78 is 12.8. The summed E-state index contributed by atoms with van der Waals surface area (Å²) in [5, 5.41) is 1.99. The van der Waals surface area contributed by atoms with E-state index in [4.69, 9.17) is 0 Å². The summed E-state index contributed by atoms with van der Waals surface area (Å²) in [6, 6.07) is 9.61. The van der Waals surface area contributed by atoms with Crippen LogP contribution in [0.3, 0.4) is 0 Å². The highest BCUT2D eigenvalue weighted by Gasteiger charge is 2.19. The van der Waals surface area contributed by atoms with Crippen molar-refractivity contribution in [2.24, 2.45) is 0 Å². The zero-order chi connectivity index (χ0) is 13.1. The molecule has 1 unspecified atom stereocenters. The van der Waals surface area contributed by atoms with E-state index in [2.05, 4.69) is 0 Å². The topological polar surface area (TPSA) is 20.3 Å². The van der Waals surface area contributed by atoms with Gasteiger partial charge in [-0.2, -0.15) is 0 Å². The van der Waals surface area contributed by atoms with E-state index in [0.29, 0.717) is 5.56 Å². The Hall–Kier alpha value is -1.68. The molecule has 0 saturated carbocycles. The Morgan fingerprint density at radius 3 is 2.50 bits per heavy atom. The average Bonchev–Trinajstić information content (AvgIpc) is 2.91. The molecule has 18 heavy (non-hydrogen) atoms. The van der Waals surface area contributed by atoms with Crippen LogP contribution in [0.4, 0.5) is 4.39 Å². The molecule has 0 bridgehead atoms. The first-order valence-corrected chi connectivity index (χ1v) is 6.53. The number of nitrogens with zero attached hydrogens (tertiary/aromatic N) is 1. The van der Waals surface area contributed by atoms with Gasteiger partial charge in [0.05, 0.1) is 6.04 Å². The smallest absolute Gasteiger partial charge is 0.254 e. The Morgan fingerprint density at radius 1 is 1.28 bits per heavy atom. The Labute approximate surface area is 110 Å². The Morgan fingerprint density at radius 2 is 1.94 bits per heavy atom. The molecule has 0 radical (unpaired) electrons. The number of amides is 1. The Kier molecular flexibility index (Phi) is 3.77. The number of halogens is 1. The molecule has 0 saturated heterocycles. The summed E-state index contributed by atoms with van der Waals surface area (Å²) in [6.07, 6.45) is 0. The molecular formula is C14H14FNOS. The van der Waals surface area contributed by atoms with Crippen LogP contribution < -0.4 is 0 Å². The molecule has 2 aromatic rings. The van der Waals surface area contributed by atoms with E-state index < -0.39 is 0 Å². The van der Waals surface area contributed by atoms with Crippen molar-refractivity contribution in [1.29, 1.82) is 0 Å². The van der Waals surface area contributed by atoms with Gasteiger partial charge in [-0.25, -0.2) is 4.39 Å². The fraction of sp³-hybridized carbons (Fsp3) is 0.214. The predicted molar refractivity (Wildman–Crippen MR) is 71.2 cm³/mol. The number of benzene rings is 1. The highest BCUT2D eigenvalue weighted by Crippen LogP contribution is 2.24. The molecule has 0 aliphatic carbocycles. The van der Waals surface area contributed by atoms with Crippen LogP contribution in [0.2, 0.25) is 0 Å². The minimum atomic E-state index is -0.333. The normalized spacial score (nSPS) is 12.2. The first kappa shape index (κ1) is 12.8. The monoisotopic (exact) mass is 263 g/mol. The SMILES string of the molecule is CC(c1cccs1)N(C)C(=O)c1ccc(F)cc1. The van der Waals surface area contributed by atoms with Crippen LogP contribution in [0.1, 0.15) is 28.2 Å². The fourth-order valence-electron chi connectivity index (χ4n) is 1.69. The number of thiophene rings is 1. The van der Waals surface area contributed by atoms with Gasteiger partial charge >= 0.3 is 0 Å². The molecule has 1 amide bonds. The third kappa shape index (κ3) is 2.59. The zero-order valence-electron chi connectivity index (χ0n) is 10.3. The van der Waals surface area contributed by atoms with Gasteiger partial charge in [-0.3, -0.25) is 4.79 Å². The van der Waals surface area contributed by atoms with Gasteiger partial charge in [-0.1, -0.05) is 6.07 Å². The summed E-state index contributed by atoms with van der Waals surface area (Å²) in [4.78, 5) is 15.0. The van der Waals surface area contributed by atoms with Crippen molar-refractivity contribution < 1.29 is 9.18 Å². The molecule has 4 heteroatoms. The van der Waals surface area contributed by atoms with Gasteiger partial charge in [0.1, 0.15) is 5.82 Å². The maximum absolute atomic E-state index is 12.8. The third-order valence-corrected chi connectivity index (χ3v) is 3.99. The number of carbonyl (C=O) groups is 1. The molecule has 0 fully saturated rings. The molecule has 94 valence electrons. The minimum absolute atomic E-state index is 0.0163. The van der Waals surface area contributed by atoms with Crippen LogP contribution in [0.5, 0.6) is 0 Å². The lowest BCUT2D eigenvalue weighted by molar-refractivity contribution is 0.0745.